The summed E-state index contributed by atoms with van der Waals surface area (Å²) in [6.45, 7) is 2.27. The molecule has 2 aromatic carbocycles. The number of carbonyl (C=O) groups excluding carboxylic acids is 1. The number of hydrogen-bond acceptors (Lipinski definition) is 5. The monoisotopic (exact) mass is 412 g/mol. The highest BCUT2D eigenvalue weighted by Crippen LogP contribution is 2.36. The van der Waals surface area contributed by atoms with Gasteiger partial charge >= 0.3 is 0 Å². The van der Waals surface area contributed by atoms with Crippen molar-refractivity contribution in [1.29, 1.82) is 0 Å². The number of carbonyl (C=O) groups is 1. The topological polar surface area (TPSA) is 72.7 Å². The van der Waals surface area contributed by atoms with E-state index in [-0.39, 0.29) is 40.2 Å². The molecule has 2 aromatic rings. The summed E-state index contributed by atoms with van der Waals surface area (Å²) in [6, 6.07) is 6.87. The molecule has 9 heteroatoms. The molecule has 0 saturated carbocycles. The van der Waals surface area contributed by atoms with Crippen LogP contribution in [0.1, 0.15) is 28.9 Å². The maximum atomic E-state index is 13.8. The minimum absolute atomic E-state index is 0.0909. The zero-order valence-corrected chi connectivity index (χ0v) is 15.8. The number of ether oxygens (including phenoxy) is 1. The van der Waals surface area contributed by atoms with Crippen LogP contribution in [0.3, 0.4) is 0 Å². The molecule has 142 valence electrons. The fraction of sp³-hybridized carbons (Fsp3) is 0.278. The van der Waals surface area contributed by atoms with Crippen LogP contribution in [0.4, 0.5) is 15.8 Å². The molecule has 6 nitrogen and oxygen atoms in total. The highest BCUT2D eigenvalue weighted by Gasteiger charge is 2.29. The van der Waals surface area contributed by atoms with Crippen molar-refractivity contribution >= 4 is 40.4 Å². The van der Waals surface area contributed by atoms with Crippen molar-refractivity contribution in [2.24, 2.45) is 0 Å². The predicted octanol–water partition coefficient (Wildman–Crippen LogP) is 4.82. The Bertz CT molecular complexity index is 922. The maximum Gasteiger partial charge on any atom is 0.293 e. The number of morpholine rings is 1. The minimum atomic E-state index is -0.617. The second kappa shape index (κ2) is 7.80. The number of nitrogens with zero attached hydrogens (tertiary/aromatic N) is 2. The molecular formula is C18H15Cl2FN2O4. The van der Waals surface area contributed by atoms with Crippen LogP contribution in [0.2, 0.25) is 10.0 Å². The molecule has 1 aliphatic rings. The van der Waals surface area contributed by atoms with E-state index in [9.17, 15) is 19.3 Å². The Hall–Kier alpha value is -2.22. The number of nitro groups is 1. The number of Topliss-reactive ketones (excluding diaryl/α,β-unsaturated/α-hetero) is 1. The van der Waals surface area contributed by atoms with Crippen molar-refractivity contribution in [2.75, 3.05) is 24.6 Å². The third kappa shape index (κ3) is 4.05. The molecule has 1 atom stereocenters. The number of anilines is 1. The molecule has 0 spiro atoms. The van der Waals surface area contributed by atoms with E-state index >= 15 is 0 Å². The normalized spacial score (nSPS) is 17.0. The van der Waals surface area contributed by atoms with E-state index in [0.29, 0.717) is 17.8 Å². The average Bonchev–Trinajstić information content (AvgIpc) is 2.64. The fourth-order valence-corrected chi connectivity index (χ4v) is 3.50. The van der Waals surface area contributed by atoms with Gasteiger partial charge in [0, 0.05) is 35.3 Å². The Morgan fingerprint density at radius 2 is 2.04 bits per heavy atom. The van der Waals surface area contributed by atoms with Gasteiger partial charge in [0.25, 0.3) is 5.69 Å². The van der Waals surface area contributed by atoms with Gasteiger partial charge in [-0.05, 0) is 31.2 Å². The van der Waals surface area contributed by atoms with Crippen molar-refractivity contribution in [3.8, 4) is 0 Å². The van der Waals surface area contributed by atoms with E-state index in [0.717, 1.165) is 0 Å². The lowest BCUT2D eigenvalue weighted by atomic mass is 10.1. The molecule has 1 aliphatic heterocycles. The van der Waals surface area contributed by atoms with Crippen molar-refractivity contribution in [3.05, 3.63) is 67.4 Å². The molecule has 0 N–H and O–H groups in total. The standard InChI is InChI=1S/C18H15Cl2FN2O4/c1-10(24)11-2-3-16(17(6-11)23(25)26)22-4-5-27-18(9-22)12-7-15(21)14(20)8-13(12)19/h2-3,6-8,18H,4-5,9H2,1H3. The number of ketones is 1. The summed E-state index contributed by atoms with van der Waals surface area (Å²) < 4.78 is 19.5. The van der Waals surface area contributed by atoms with Gasteiger partial charge in [-0.2, -0.15) is 0 Å². The van der Waals surface area contributed by atoms with E-state index in [1.165, 1.54) is 25.1 Å². The van der Waals surface area contributed by atoms with Gasteiger partial charge in [-0.1, -0.05) is 23.2 Å². The first-order valence-electron chi connectivity index (χ1n) is 8.08. The molecule has 0 radical (unpaired) electrons. The van der Waals surface area contributed by atoms with Crippen LogP contribution in [0.5, 0.6) is 0 Å². The number of rotatable bonds is 4. The highest BCUT2D eigenvalue weighted by molar-refractivity contribution is 6.35. The largest absolute Gasteiger partial charge is 0.370 e. The Morgan fingerprint density at radius 3 is 2.70 bits per heavy atom. The molecule has 0 bridgehead atoms. The van der Waals surface area contributed by atoms with Crippen molar-refractivity contribution in [1.82, 2.24) is 0 Å². The molecule has 0 aliphatic carbocycles. The number of nitro benzene ring substituents is 1. The SMILES string of the molecule is CC(=O)c1ccc(N2CCOC(c3cc(F)c(Cl)cc3Cl)C2)c([N+](=O)[O-])c1. The summed E-state index contributed by atoms with van der Waals surface area (Å²) in [6.07, 6.45) is -0.579. The lowest BCUT2D eigenvalue weighted by molar-refractivity contribution is -0.384. The number of hydrogen-bond donors (Lipinski definition) is 0. The average molecular weight is 413 g/mol. The molecule has 27 heavy (non-hydrogen) atoms. The van der Waals surface area contributed by atoms with Crippen LogP contribution < -0.4 is 4.90 Å². The molecule has 0 aromatic heterocycles. The van der Waals surface area contributed by atoms with E-state index in [1.807, 2.05) is 0 Å². The lowest BCUT2D eigenvalue weighted by Gasteiger charge is -2.34. The van der Waals surface area contributed by atoms with Gasteiger partial charge in [-0.15, -0.1) is 0 Å². The minimum Gasteiger partial charge on any atom is -0.370 e. The molecule has 3 rings (SSSR count). The van der Waals surface area contributed by atoms with Crippen molar-refractivity contribution in [3.63, 3.8) is 0 Å². The Labute approximate surface area is 164 Å². The zero-order chi connectivity index (χ0) is 19.7. The smallest absolute Gasteiger partial charge is 0.293 e. The molecule has 1 saturated heterocycles. The first kappa shape index (κ1) is 19.5. The van der Waals surface area contributed by atoms with Gasteiger partial charge < -0.3 is 9.64 Å². The van der Waals surface area contributed by atoms with Crippen LogP contribution in [0.15, 0.2) is 30.3 Å². The molecule has 1 fully saturated rings. The second-order valence-corrected chi connectivity index (χ2v) is 6.92. The van der Waals surface area contributed by atoms with Gasteiger partial charge in [0.15, 0.2) is 5.78 Å². The van der Waals surface area contributed by atoms with E-state index in [1.54, 1.807) is 17.0 Å². The fourth-order valence-electron chi connectivity index (χ4n) is 3.00. The number of benzene rings is 2. The van der Waals surface area contributed by atoms with Crippen LogP contribution >= 0.6 is 23.2 Å². The van der Waals surface area contributed by atoms with Gasteiger partial charge in [0.05, 0.1) is 16.6 Å². The summed E-state index contributed by atoms with van der Waals surface area (Å²) in [7, 11) is 0. The van der Waals surface area contributed by atoms with E-state index < -0.39 is 16.8 Å². The first-order valence-corrected chi connectivity index (χ1v) is 8.84. The Kier molecular flexibility index (Phi) is 5.64. The summed E-state index contributed by atoms with van der Waals surface area (Å²) >= 11 is 11.9. The molecular weight excluding hydrogens is 398 g/mol. The quantitative estimate of drug-likeness (QED) is 0.311. The zero-order valence-electron chi connectivity index (χ0n) is 14.2. The van der Waals surface area contributed by atoms with Crippen molar-refractivity contribution in [2.45, 2.75) is 13.0 Å². The first-order chi connectivity index (χ1) is 12.8. The van der Waals surface area contributed by atoms with Crippen LogP contribution in [-0.2, 0) is 4.74 Å². The lowest BCUT2D eigenvalue weighted by Crippen LogP contribution is -2.38. The van der Waals surface area contributed by atoms with Crippen molar-refractivity contribution < 1.29 is 18.8 Å². The van der Waals surface area contributed by atoms with E-state index in [2.05, 4.69) is 0 Å². The van der Waals surface area contributed by atoms with E-state index in [4.69, 9.17) is 27.9 Å². The van der Waals surface area contributed by atoms with Gasteiger partial charge in [-0.25, -0.2) is 4.39 Å². The molecule has 0 amide bonds. The summed E-state index contributed by atoms with van der Waals surface area (Å²) in [5.41, 5.74) is 0.880. The van der Waals surface area contributed by atoms with Crippen LogP contribution in [-0.4, -0.2) is 30.4 Å². The second-order valence-electron chi connectivity index (χ2n) is 6.11. The predicted molar refractivity (Wildman–Crippen MR) is 100 cm³/mol. The maximum absolute atomic E-state index is 13.8. The third-order valence-corrected chi connectivity index (χ3v) is 4.99. The Balaban J connectivity index is 1.94. The van der Waals surface area contributed by atoms with Gasteiger partial charge in [-0.3, -0.25) is 14.9 Å². The Morgan fingerprint density at radius 1 is 1.30 bits per heavy atom. The summed E-state index contributed by atoms with van der Waals surface area (Å²) in [5, 5.41) is 11.6. The van der Waals surface area contributed by atoms with Gasteiger partial charge in [0.1, 0.15) is 17.6 Å². The molecule has 1 unspecified atom stereocenters. The number of halogens is 3. The van der Waals surface area contributed by atoms with Gasteiger partial charge in [0.2, 0.25) is 0 Å². The highest BCUT2D eigenvalue weighted by atomic mass is 35.5. The van der Waals surface area contributed by atoms with Crippen LogP contribution in [0.25, 0.3) is 0 Å². The summed E-state index contributed by atoms with van der Waals surface area (Å²) in [4.78, 5) is 24.2. The van der Waals surface area contributed by atoms with Crippen LogP contribution in [0, 0.1) is 15.9 Å². The summed E-state index contributed by atoms with van der Waals surface area (Å²) in [5.74, 6) is -0.874. The molecule has 1 heterocycles. The third-order valence-electron chi connectivity index (χ3n) is 4.37.